The Morgan fingerprint density at radius 1 is 1.09 bits per heavy atom. The van der Waals surface area contributed by atoms with Gasteiger partial charge in [0.25, 0.3) is 0 Å². The van der Waals surface area contributed by atoms with Crippen LogP contribution in [0, 0.1) is 5.41 Å². The van der Waals surface area contributed by atoms with Crippen molar-refractivity contribution in [2.45, 2.75) is 38.1 Å². The molecule has 1 aliphatic carbocycles. The second kappa shape index (κ2) is 7.86. The number of nitrogens with one attached hydrogen (secondary N) is 3. The Morgan fingerprint density at radius 2 is 1.81 bits per heavy atom. The lowest BCUT2D eigenvalue weighted by Gasteiger charge is -2.33. The molecule has 5 rings (SSSR count). The van der Waals surface area contributed by atoms with Gasteiger partial charge in [-0.25, -0.2) is 18.1 Å². The van der Waals surface area contributed by atoms with Gasteiger partial charge in [-0.2, -0.15) is 0 Å². The topological polar surface area (TPSA) is 96.1 Å². The van der Waals surface area contributed by atoms with Crippen LogP contribution in [0.3, 0.4) is 0 Å². The fraction of sp³-hybridized carbons (Fsp3) is 0.458. The highest BCUT2D eigenvalue weighted by Gasteiger charge is 2.46. The van der Waals surface area contributed by atoms with Gasteiger partial charge >= 0.3 is 0 Å². The standard InChI is InChI=1S/C24H30N4O3S/c1-23(10-13-25-14-11-23)16-31-20-7-12-26-22-21(20)19(15-27-22)17-3-5-18(6-4-17)24(8-9-24)28-32(2,29)30/h3-7,12,15,25,28H,8-11,13-14,16H2,1-2H3,(H,26,27). The van der Waals surface area contributed by atoms with Crippen molar-refractivity contribution in [2.75, 3.05) is 26.0 Å². The molecule has 32 heavy (non-hydrogen) atoms. The maximum absolute atomic E-state index is 11.8. The predicted octanol–water partition coefficient (Wildman–Crippen LogP) is 3.54. The van der Waals surface area contributed by atoms with Crippen LogP contribution in [0.1, 0.15) is 38.2 Å². The van der Waals surface area contributed by atoms with Crippen LogP contribution in [0.2, 0.25) is 0 Å². The first-order valence-electron chi connectivity index (χ1n) is 11.2. The quantitative estimate of drug-likeness (QED) is 0.508. The van der Waals surface area contributed by atoms with E-state index in [2.05, 4.69) is 26.9 Å². The van der Waals surface area contributed by atoms with Crippen molar-refractivity contribution in [1.29, 1.82) is 0 Å². The van der Waals surface area contributed by atoms with Gasteiger partial charge < -0.3 is 15.0 Å². The van der Waals surface area contributed by atoms with Crippen LogP contribution in [-0.4, -0.2) is 44.3 Å². The number of aromatic nitrogens is 2. The lowest BCUT2D eigenvalue weighted by atomic mass is 9.82. The minimum Gasteiger partial charge on any atom is -0.492 e. The Balaban J connectivity index is 1.42. The van der Waals surface area contributed by atoms with Crippen LogP contribution in [0.4, 0.5) is 0 Å². The van der Waals surface area contributed by atoms with E-state index in [-0.39, 0.29) is 5.41 Å². The maximum Gasteiger partial charge on any atom is 0.209 e. The summed E-state index contributed by atoms with van der Waals surface area (Å²) >= 11 is 0. The summed E-state index contributed by atoms with van der Waals surface area (Å²) in [6.07, 6.45) is 8.81. The summed E-state index contributed by atoms with van der Waals surface area (Å²) in [4.78, 5) is 7.75. The number of ether oxygens (including phenoxy) is 1. The van der Waals surface area contributed by atoms with Crippen molar-refractivity contribution in [2.24, 2.45) is 5.41 Å². The summed E-state index contributed by atoms with van der Waals surface area (Å²) in [6, 6.07) is 10.1. The minimum absolute atomic E-state index is 0.171. The van der Waals surface area contributed by atoms with Gasteiger partial charge in [-0.1, -0.05) is 31.2 Å². The fourth-order valence-electron chi connectivity index (χ4n) is 4.70. The average molecular weight is 455 g/mol. The van der Waals surface area contributed by atoms with Crippen LogP contribution in [0.5, 0.6) is 5.75 Å². The minimum atomic E-state index is -3.26. The van der Waals surface area contributed by atoms with Crippen LogP contribution < -0.4 is 14.8 Å². The van der Waals surface area contributed by atoms with Crippen molar-refractivity contribution in [1.82, 2.24) is 20.0 Å². The molecule has 3 heterocycles. The second-order valence-electron chi connectivity index (χ2n) is 9.62. The lowest BCUT2D eigenvalue weighted by molar-refractivity contribution is 0.124. The summed E-state index contributed by atoms with van der Waals surface area (Å²) in [5.74, 6) is 0.840. The van der Waals surface area contributed by atoms with E-state index in [1.807, 2.05) is 36.5 Å². The summed E-state index contributed by atoms with van der Waals surface area (Å²) in [5.41, 5.74) is 3.60. The highest BCUT2D eigenvalue weighted by atomic mass is 32.2. The van der Waals surface area contributed by atoms with Crippen LogP contribution >= 0.6 is 0 Å². The highest BCUT2D eigenvalue weighted by molar-refractivity contribution is 7.88. The molecule has 2 aromatic heterocycles. The van der Waals surface area contributed by atoms with Crippen LogP contribution in [0.25, 0.3) is 22.2 Å². The van der Waals surface area contributed by atoms with E-state index in [0.29, 0.717) is 6.61 Å². The molecule has 1 saturated heterocycles. The Morgan fingerprint density at radius 3 is 2.47 bits per heavy atom. The van der Waals surface area contributed by atoms with Gasteiger partial charge in [0.2, 0.25) is 10.0 Å². The first-order valence-corrected chi connectivity index (χ1v) is 13.1. The molecule has 0 atom stereocenters. The molecule has 3 N–H and O–H groups in total. The molecule has 0 bridgehead atoms. The summed E-state index contributed by atoms with van der Waals surface area (Å²) in [6.45, 7) is 5.03. The van der Waals surface area contributed by atoms with E-state index in [0.717, 1.165) is 72.2 Å². The number of nitrogens with zero attached hydrogens (tertiary/aromatic N) is 1. The third kappa shape index (κ3) is 4.27. The maximum atomic E-state index is 11.8. The van der Waals surface area contributed by atoms with Crippen molar-refractivity contribution in [3.05, 3.63) is 48.3 Å². The normalized spacial score (nSPS) is 19.7. The Hall–Kier alpha value is -2.42. The molecule has 1 saturated carbocycles. The number of piperidine rings is 1. The molecule has 1 aliphatic heterocycles. The third-order valence-corrected chi connectivity index (χ3v) is 7.56. The van der Waals surface area contributed by atoms with Gasteiger partial charge in [0.05, 0.1) is 23.8 Å². The molecule has 170 valence electrons. The largest absolute Gasteiger partial charge is 0.492 e. The number of benzene rings is 1. The summed E-state index contributed by atoms with van der Waals surface area (Å²) < 4.78 is 32.7. The van der Waals surface area contributed by atoms with E-state index in [1.165, 1.54) is 6.26 Å². The first-order chi connectivity index (χ1) is 15.3. The number of H-pyrrole nitrogens is 1. The molecule has 1 aromatic carbocycles. The van der Waals surface area contributed by atoms with Crippen LogP contribution in [0.15, 0.2) is 42.7 Å². The second-order valence-corrected chi connectivity index (χ2v) is 11.4. The third-order valence-electron chi connectivity index (χ3n) is 6.80. The molecule has 0 unspecified atom stereocenters. The van der Waals surface area contributed by atoms with Crippen LogP contribution in [-0.2, 0) is 15.6 Å². The van der Waals surface area contributed by atoms with E-state index in [1.54, 1.807) is 6.20 Å². The van der Waals surface area contributed by atoms with E-state index in [9.17, 15) is 8.42 Å². The van der Waals surface area contributed by atoms with Gasteiger partial charge in [-0.05, 0) is 56.0 Å². The van der Waals surface area contributed by atoms with Crippen molar-refractivity contribution < 1.29 is 13.2 Å². The zero-order valence-electron chi connectivity index (χ0n) is 18.6. The van der Waals surface area contributed by atoms with Gasteiger partial charge in [0, 0.05) is 23.4 Å². The molecule has 7 nitrogen and oxygen atoms in total. The SMILES string of the molecule is CC1(COc2ccnc3[nH]cc(-c4ccc(C5(NS(C)(=O)=O)CC5)cc4)c23)CCNCC1. The average Bonchev–Trinajstić information content (AvgIpc) is 3.39. The van der Waals surface area contributed by atoms with Gasteiger partial charge in [-0.3, -0.25) is 0 Å². The smallest absolute Gasteiger partial charge is 0.209 e. The summed E-state index contributed by atoms with van der Waals surface area (Å²) in [5, 5.41) is 4.40. The number of rotatable bonds is 7. The fourth-order valence-corrected chi connectivity index (χ4v) is 5.73. The number of pyridine rings is 1. The number of hydrogen-bond donors (Lipinski definition) is 3. The van der Waals surface area contributed by atoms with Crippen molar-refractivity contribution >= 4 is 21.1 Å². The number of fused-ring (bicyclic) bond motifs is 1. The van der Waals surface area contributed by atoms with Crippen molar-refractivity contribution in [3.8, 4) is 16.9 Å². The Kier molecular flexibility index (Phi) is 5.27. The van der Waals surface area contributed by atoms with Gasteiger partial charge in [0.15, 0.2) is 0 Å². The Bertz CT molecular complexity index is 1220. The molecule has 8 heteroatoms. The highest BCUT2D eigenvalue weighted by Crippen LogP contribution is 2.46. The molecule has 0 spiro atoms. The molecule has 0 radical (unpaired) electrons. The molecular formula is C24H30N4O3S. The molecule has 2 fully saturated rings. The predicted molar refractivity (Wildman–Crippen MR) is 126 cm³/mol. The number of sulfonamides is 1. The van der Waals surface area contributed by atoms with E-state index >= 15 is 0 Å². The first kappa shape index (κ1) is 21.4. The lowest BCUT2D eigenvalue weighted by Crippen LogP contribution is -2.38. The molecule has 3 aromatic rings. The van der Waals surface area contributed by atoms with Gasteiger partial charge in [-0.15, -0.1) is 0 Å². The molecule has 2 aliphatic rings. The van der Waals surface area contributed by atoms with E-state index in [4.69, 9.17) is 4.74 Å². The number of hydrogen-bond acceptors (Lipinski definition) is 5. The Labute approximate surface area is 189 Å². The van der Waals surface area contributed by atoms with Crippen molar-refractivity contribution in [3.63, 3.8) is 0 Å². The van der Waals surface area contributed by atoms with Gasteiger partial charge in [0.1, 0.15) is 11.4 Å². The molecular weight excluding hydrogens is 424 g/mol. The number of aromatic amines is 1. The molecule has 0 amide bonds. The zero-order chi connectivity index (χ0) is 22.4. The summed E-state index contributed by atoms with van der Waals surface area (Å²) in [7, 11) is -3.26. The zero-order valence-corrected chi connectivity index (χ0v) is 19.4. The monoisotopic (exact) mass is 454 g/mol. The van der Waals surface area contributed by atoms with E-state index < -0.39 is 15.6 Å².